The van der Waals surface area contributed by atoms with Crippen molar-refractivity contribution in [2.24, 2.45) is 11.8 Å². The number of amides is 1. The Kier molecular flexibility index (Phi) is 4.68. The van der Waals surface area contributed by atoms with Crippen LogP contribution in [-0.2, 0) is 14.3 Å². The van der Waals surface area contributed by atoms with E-state index in [0.29, 0.717) is 19.0 Å². The van der Waals surface area contributed by atoms with Crippen LogP contribution in [-0.4, -0.2) is 47.7 Å². The monoisotopic (exact) mass is 323 g/mol. The van der Waals surface area contributed by atoms with Crippen LogP contribution in [0.25, 0.3) is 0 Å². The highest BCUT2D eigenvalue weighted by molar-refractivity contribution is 5.84. The summed E-state index contributed by atoms with van der Waals surface area (Å²) in [5, 5.41) is 0. The molecule has 5 heteroatoms. The predicted molar refractivity (Wildman–Crippen MR) is 86.2 cm³/mol. The predicted octanol–water partition coefficient (Wildman–Crippen LogP) is 3.16. The second-order valence-electron chi connectivity index (χ2n) is 8.28. The second kappa shape index (κ2) is 6.42. The lowest BCUT2D eigenvalue weighted by Crippen LogP contribution is -2.60. The summed E-state index contributed by atoms with van der Waals surface area (Å²) in [6, 6.07) is -0.0413. The molecule has 23 heavy (non-hydrogen) atoms. The van der Waals surface area contributed by atoms with Crippen molar-refractivity contribution in [2.75, 3.05) is 13.2 Å². The Morgan fingerprint density at radius 1 is 1.00 bits per heavy atom. The van der Waals surface area contributed by atoms with Gasteiger partial charge in [-0.25, -0.2) is 4.79 Å². The first-order valence-corrected chi connectivity index (χ1v) is 8.98. The summed E-state index contributed by atoms with van der Waals surface area (Å²) in [4.78, 5) is 27.1. The van der Waals surface area contributed by atoms with Gasteiger partial charge in [-0.3, -0.25) is 9.69 Å². The van der Waals surface area contributed by atoms with Crippen LogP contribution in [0.2, 0.25) is 0 Å². The van der Waals surface area contributed by atoms with Gasteiger partial charge in [-0.2, -0.15) is 0 Å². The number of piperidine rings is 1. The fraction of sp³-hybridized carbons (Fsp3) is 0.889. The van der Waals surface area contributed by atoms with Crippen molar-refractivity contribution in [3.63, 3.8) is 0 Å². The number of Topliss-reactive ketones (excluding diaryl/α,β-unsaturated/α-hetero) is 1. The molecule has 2 heterocycles. The molecule has 2 unspecified atom stereocenters. The maximum absolute atomic E-state index is 12.8. The van der Waals surface area contributed by atoms with E-state index in [2.05, 4.69) is 0 Å². The van der Waals surface area contributed by atoms with Gasteiger partial charge >= 0.3 is 6.09 Å². The van der Waals surface area contributed by atoms with Gasteiger partial charge in [-0.1, -0.05) is 12.8 Å². The third kappa shape index (κ3) is 3.70. The number of hydrogen-bond donors (Lipinski definition) is 0. The maximum Gasteiger partial charge on any atom is 0.410 e. The van der Waals surface area contributed by atoms with E-state index in [1.807, 2.05) is 25.7 Å². The molecule has 1 saturated carbocycles. The quantitative estimate of drug-likeness (QED) is 0.783. The van der Waals surface area contributed by atoms with Crippen LogP contribution in [0.4, 0.5) is 4.79 Å². The normalized spacial score (nSPS) is 32.0. The number of carbonyl (C=O) groups is 2. The first kappa shape index (κ1) is 16.7. The number of morpholine rings is 1. The van der Waals surface area contributed by atoms with Gasteiger partial charge < -0.3 is 9.47 Å². The number of fused-ring (bicyclic) bond motifs is 2. The highest BCUT2D eigenvalue weighted by Gasteiger charge is 2.46. The molecule has 0 N–H and O–H groups in total. The molecule has 0 spiro atoms. The Hall–Kier alpha value is -1.10. The summed E-state index contributed by atoms with van der Waals surface area (Å²) in [5.41, 5.74) is -0.497. The molecule has 0 aromatic carbocycles. The van der Waals surface area contributed by atoms with Crippen LogP contribution in [0.15, 0.2) is 0 Å². The Labute approximate surface area is 138 Å². The van der Waals surface area contributed by atoms with E-state index in [1.54, 1.807) is 0 Å². The molecule has 1 aliphatic carbocycles. The summed E-state index contributed by atoms with van der Waals surface area (Å²) in [6.45, 7) is 6.68. The molecule has 5 nitrogen and oxygen atoms in total. The van der Waals surface area contributed by atoms with E-state index in [4.69, 9.17) is 9.47 Å². The van der Waals surface area contributed by atoms with Crippen LogP contribution < -0.4 is 0 Å². The summed E-state index contributed by atoms with van der Waals surface area (Å²) >= 11 is 0. The van der Waals surface area contributed by atoms with E-state index >= 15 is 0 Å². The Morgan fingerprint density at radius 3 is 2.09 bits per heavy atom. The second-order valence-corrected chi connectivity index (χ2v) is 8.28. The van der Waals surface area contributed by atoms with E-state index in [-0.39, 0.29) is 30.0 Å². The summed E-state index contributed by atoms with van der Waals surface area (Å²) in [7, 11) is 0. The molecule has 2 aliphatic heterocycles. The molecule has 2 bridgehead atoms. The Balaban J connectivity index is 1.68. The molecule has 3 aliphatic rings. The van der Waals surface area contributed by atoms with Crippen molar-refractivity contribution in [3.8, 4) is 0 Å². The Bertz CT molecular complexity index is 450. The van der Waals surface area contributed by atoms with Crippen molar-refractivity contribution in [1.29, 1.82) is 0 Å². The molecular weight excluding hydrogens is 294 g/mol. The molecule has 130 valence electrons. The molecule has 1 amide bonds. The van der Waals surface area contributed by atoms with Gasteiger partial charge in [-0.05, 0) is 46.5 Å². The zero-order valence-electron chi connectivity index (χ0n) is 14.5. The molecule has 2 saturated heterocycles. The molecule has 3 fully saturated rings. The highest BCUT2D eigenvalue weighted by atomic mass is 16.6. The van der Waals surface area contributed by atoms with Crippen LogP contribution in [0, 0.1) is 11.8 Å². The highest BCUT2D eigenvalue weighted by Crippen LogP contribution is 2.37. The summed E-state index contributed by atoms with van der Waals surface area (Å²) in [5.74, 6) is 0.786. The van der Waals surface area contributed by atoms with Gasteiger partial charge in [0, 0.05) is 11.8 Å². The lowest BCUT2D eigenvalue weighted by molar-refractivity contribution is -0.135. The number of hydrogen-bond acceptors (Lipinski definition) is 4. The summed E-state index contributed by atoms with van der Waals surface area (Å²) in [6.07, 6.45) is 5.67. The molecule has 0 radical (unpaired) electrons. The molecule has 0 aromatic heterocycles. The lowest BCUT2D eigenvalue weighted by atomic mass is 9.78. The number of ether oxygens (including phenoxy) is 2. The van der Waals surface area contributed by atoms with E-state index in [1.165, 1.54) is 12.8 Å². The average Bonchev–Trinajstić information content (AvgIpc) is 2.97. The molecule has 0 aromatic rings. The molecule has 3 rings (SSSR count). The van der Waals surface area contributed by atoms with Crippen molar-refractivity contribution in [2.45, 2.75) is 77.0 Å². The van der Waals surface area contributed by atoms with Crippen LogP contribution in [0.1, 0.15) is 59.3 Å². The van der Waals surface area contributed by atoms with E-state index < -0.39 is 5.60 Å². The third-order valence-corrected chi connectivity index (χ3v) is 5.28. The third-order valence-electron chi connectivity index (χ3n) is 5.28. The van der Waals surface area contributed by atoms with Crippen LogP contribution in [0.3, 0.4) is 0 Å². The minimum atomic E-state index is -0.497. The minimum absolute atomic E-state index is 0.0206. The fourth-order valence-electron chi connectivity index (χ4n) is 4.30. The smallest absolute Gasteiger partial charge is 0.410 e. The minimum Gasteiger partial charge on any atom is -0.444 e. The zero-order chi connectivity index (χ0) is 16.6. The molecule has 2 atom stereocenters. The van der Waals surface area contributed by atoms with Gasteiger partial charge in [0.25, 0.3) is 0 Å². The number of nitrogens with zero attached hydrogens (tertiary/aromatic N) is 1. The Morgan fingerprint density at radius 2 is 1.57 bits per heavy atom. The van der Waals surface area contributed by atoms with E-state index in [9.17, 15) is 9.59 Å². The van der Waals surface area contributed by atoms with Gasteiger partial charge in [0.05, 0.1) is 25.3 Å². The topological polar surface area (TPSA) is 55.8 Å². The first-order valence-electron chi connectivity index (χ1n) is 8.98. The van der Waals surface area contributed by atoms with Gasteiger partial charge in [0.2, 0.25) is 0 Å². The fourth-order valence-corrected chi connectivity index (χ4v) is 4.30. The zero-order valence-corrected chi connectivity index (χ0v) is 14.5. The first-order chi connectivity index (χ1) is 10.8. The SMILES string of the molecule is CC(C)(C)OC(=O)N1C2COCC1CC(C(=O)C1CCCC1)C2. The number of ketones is 1. The average molecular weight is 323 g/mol. The molecular formula is C18H29NO4. The standard InChI is InChI=1S/C18H29NO4/c1-18(2,3)23-17(21)19-14-8-13(9-15(19)11-22-10-14)16(20)12-6-4-5-7-12/h12-15H,4-11H2,1-3H3. The van der Waals surface area contributed by atoms with Gasteiger partial charge in [-0.15, -0.1) is 0 Å². The number of carbonyl (C=O) groups excluding carboxylic acids is 2. The van der Waals surface area contributed by atoms with Crippen LogP contribution >= 0.6 is 0 Å². The number of rotatable bonds is 2. The lowest BCUT2D eigenvalue weighted by Gasteiger charge is -2.48. The van der Waals surface area contributed by atoms with Crippen molar-refractivity contribution in [1.82, 2.24) is 4.90 Å². The summed E-state index contributed by atoms with van der Waals surface area (Å²) < 4.78 is 11.2. The van der Waals surface area contributed by atoms with Gasteiger partial charge in [0.1, 0.15) is 11.4 Å². The largest absolute Gasteiger partial charge is 0.444 e. The van der Waals surface area contributed by atoms with Crippen molar-refractivity contribution >= 4 is 11.9 Å². The van der Waals surface area contributed by atoms with Gasteiger partial charge in [0.15, 0.2) is 0 Å². The maximum atomic E-state index is 12.8. The van der Waals surface area contributed by atoms with E-state index in [0.717, 1.165) is 25.7 Å². The van der Waals surface area contributed by atoms with Crippen LogP contribution in [0.5, 0.6) is 0 Å². The van der Waals surface area contributed by atoms with Crippen molar-refractivity contribution in [3.05, 3.63) is 0 Å². The van der Waals surface area contributed by atoms with Crippen molar-refractivity contribution < 1.29 is 19.1 Å².